The SMILES string of the molecule is CCOc1ccc(C(NC(=O)N2CCCC(CO)C2)c2ccccc2)cc1. The van der Waals surface area contributed by atoms with Crippen molar-refractivity contribution in [3.63, 3.8) is 0 Å². The van der Waals surface area contributed by atoms with Crippen molar-refractivity contribution < 1.29 is 14.6 Å². The molecule has 1 heterocycles. The fourth-order valence-corrected chi connectivity index (χ4v) is 3.54. The maximum Gasteiger partial charge on any atom is 0.318 e. The van der Waals surface area contributed by atoms with Crippen LogP contribution in [-0.2, 0) is 0 Å². The number of carbonyl (C=O) groups is 1. The smallest absolute Gasteiger partial charge is 0.318 e. The van der Waals surface area contributed by atoms with E-state index in [9.17, 15) is 9.90 Å². The number of carbonyl (C=O) groups excluding carboxylic acids is 1. The van der Waals surface area contributed by atoms with Gasteiger partial charge in [-0.05, 0) is 48.9 Å². The van der Waals surface area contributed by atoms with E-state index in [0.29, 0.717) is 13.2 Å². The molecule has 1 fully saturated rings. The van der Waals surface area contributed by atoms with Gasteiger partial charge in [0, 0.05) is 19.7 Å². The van der Waals surface area contributed by atoms with Gasteiger partial charge in [0.05, 0.1) is 12.6 Å². The lowest BCUT2D eigenvalue weighted by Gasteiger charge is -2.33. The summed E-state index contributed by atoms with van der Waals surface area (Å²) in [5.74, 6) is 0.992. The first-order valence-electron chi connectivity index (χ1n) is 9.65. The summed E-state index contributed by atoms with van der Waals surface area (Å²) in [6.07, 6.45) is 1.90. The van der Waals surface area contributed by atoms with E-state index in [1.807, 2.05) is 66.4 Å². The Balaban J connectivity index is 1.79. The molecule has 2 aromatic carbocycles. The van der Waals surface area contributed by atoms with E-state index >= 15 is 0 Å². The summed E-state index contributed by atoms with van der Waals surface area (Å²) in [6.45, 7) is 4.05. The topological polar surface area (TPSA) is 61.8 Å². The van der Waals surface area contributed by atoms with E-state index in [-0.39, 0.29) is 24.6 Å². The molecule has 1 aliphatic rings. The van der Waals surface area contributed by atoms with Gasteiger partial charge in [-0.2, -0.15) is 0 Å². The van der Waals surface area contributed by atoms with Gasteiger partial charge in [-0.15, -0.1) is 0 Å². The zero-order valence-corrected chi connectivity index (χ0v) is 15.8. The number of ether oxygens (including phenoxy) is 1. The van der Waals surface area contributed by atoms with Crippen molar-refractivity contribution in [2.24, 2.45) is 5.92 Å². The molecule has 2 N–H and O–H groups in total. The number of piperidine rings is 1. The Morgan fingerprint density at radius 1 is 1.19 bits per heavy atom. The fraction of sp³-hybridized carbons (Fsp3) is 0.409. The highest BCUT2D eigenvalue weighted by atomic mass is 16.5. The van der Waals surface area contributed by atoms with Gasteiger partial charge in [0.1, 0.15) is 5.75 Å². The highest BCUT2D eigenvalue weighted by Crippen LogP contribution is 2.25. The zero-order valence-electron chi connectivity index (χ0n) is 15.8. The number of hydrogen-bond donors (Lipinski definition) is 2. The van der Waals surface area contributed by atoms with Gasteiger partial charge in [-0.3, -0.25) is 0 Å². The minimum Gasteiger partial charge on any atom is -0.494 e. The van der Waals surface area contributed by atoms with Gasteiger partial charge in [0.2, 0.25) is 0 Å². The molecule has 0 spiro atoms. The third-order valence-corrected chi connectivity index (χ3v) is 4.99. The third kappa shape index (κ3) is 5.01. The fourth-order valence-electron chi connectivity index (χ4n) is 3.54. The Morgan fingerprint density at radius 3 is 2.56 bits per heavy atom. The lowest BCUT2D eigenvalue weighted by molar-refractivity contribution is 0.128. The first-order valence-corrected chi connectivity index (χ1v) is 9.65. The van der Waals surface area contributed by atoms with E-state index in [2.05, 4.69) is 5.32 Å². The molecule has 0 aromatic heterocycles. The number of benzene rings is 2. The van der Waals surface area contributed by atoms with Crippen molar-refractivity contribution in [1.29, 1.82) is 0 Å². The van der Waals surface area contributed by atoms with Crippen LogP contribution < -0.4 is 10.1 Å². The molecule has 144 valence electrons. The first-order chi connectivity index (χ1) is 13.2. The van der Waals surface area contributed by atoms with Gasteiger partial charge < -0.3 is 20.1 Å². The second-order valence-corrected chi connectivity index (χ2v) is 6.93. The summed E-state index contributed by atoms with van der Waals surface area (Å²) in [6, 6.07) is 17.5. The molecule has 5 nitrogen and oxygen atoms in total. The quantitative estimate of drug-likeness (QED) is 0.819. The maximum atomic E-state index is 12.9. The number of amides is 2. The predicted octanol–water partition coefficient (Wildman–Crippen LogP) is 3.59. The minimum atomic E-state index is -0.233. The van der Waals surface area contributed by atoms with Crippen molar-refractivity contribution in [2.45, 2.75) is 25.8 Å². The summed E-state index contributed by atoms with van der Waals surface area (Å²) < 4.78 is 5.53. The summed E-state index contributed by atoms with van der Waals surface area (Å²) in [5.41, 5.74) is 2.04. The summed E-state index contributed by atoms with van der Waals surface area (Å²) >= 11 is 0. The Hall–Kier alpha value is -2.53. The molecule has 0 bridgehead atoms. The highest BCUT2D eigenvalue weighted by Gasteiger charge is 2.25. The Kier molecular flexibility index (Phi) is 6.71. The molecule has 2 amide bonds. The number of likely N-dealkylation sites (tertiary alicyclic amines) is 1. The summed E-state index contributed by atoms with van der Waals surface area (Å²) in [4.78, 5) is 14.7. The molecule has 0 aliphatic carbocycles. The number of nitrogens with zero attached hydrogens (tertiary/aromatic N) is 1. The molecule has 27 heavy (non-hydrogen) atoms. The lowest BCUT2D eigenvalue weighted by atomic mass is 9.98. The van der Waals surface area contributed by atoms with Gasteiger partial charge >= 0.3 is 6.03 Å². The monoisotopic (exact) mass is 368 g/mol. The van der Waals surface area contributed by atoms with Crippen molar-refractivity contribution in [2.75, 3.05) is 26.3 Å². The Labute approximate surface area is 161 Å². The normalized spacial score (nSPS) is 18.0. The van der Waals surface area contributed by atoms with E-state index in [0.717, 1.165) is 36.3 Å². The van der Waals surface area contributed by atoms with Crippen LogP contribution >= 0.6 is 0 Å². The first kappa shape index (κ1) is 19.2. The van der Waals surface area contributed by atoms with Crippen LogP contribution in [0.3, 0.4) is 0 Å². The Morgan fingerprint density at radius 2 is 1.89 bits per heavy atom. The number of aliphatic hydroxyl groups is 1. The van der Waals surface area contributed by atoms with Gasteiger partial charge in [-0.1, -0.05) is 42.5 Å². The second kappa shape index (κ2) is 9.42. The molecule has 1 saturated heterocycles. The largest absolute Gasteiger partial charge is 0.494 e. The van der Waals surface area contributed by atoms with Crippen LogP contribution in [-0.4, -0.2) is 42.3 Å². The van der Waals surface area contributed by atoms with Crippen LogP contribution in [0.25, 0.3) is 0 Å². The molecule has 0 radical (unpaired) electrons. The third-order valence-electron chi connectivity index (χ3n) is 4.99. The minimum absolute atomic E-state index is 0.0871. The van der Waals surface area contributed by atoms with Crippen LogP contribution in [0, 0.1) is 5.92 Å². The van der Waals surface area contributed by atoms with E-state index < -0.39 is 0 Å². The van der Waals surface area contributed by atoms with Crippen LogP contribution in [0.5, 0.6) is 5.75 Å². The highest BCUT2D eigenvalue weighted by molar-refractivity contribution is 5.75. The number of aliphatic hydroxyl groups excluding tert-OH is 1. The number of nitrogens with one attached hydrogen (secondary N) is 1. The molecular weight excluding hydrogens is 340 g/mol. The van der Waals surface area contributed by atoms with Gasteiger partial charge in [0.15, 0.2) is 0 Å². The zero-order chi connectivity index (χ0) is 19.1. The lowest BCUT2D eigenvalue weighted by Crippen LogP contribution is -2.47. The molecule has 2 atom stereocenters. The number of rotatable bonds is 6. The average Bonchev–Trinajstić information content (AvgIpc) is 2.73. The van der Waals surface area contributed by atoms with E-state index in [1.165, 1.54) is 0 Å². The van der Waals surface area contributed by atoms with Crippen molar-refractivity contribution >= 4 is 6.03 Å². The van der Waals surface area contributed by atoms with Crippen molar-refractivity contribution in [3.8, 4) is 5.75 Å². The molecular formula is C22H28N2O3. The summed E-state index contributed by atoms with van der Waals surface area (Å²) in [7, 11) is 0. The van der Waals surface area contributed by atoms with Crippen LogP contribution in [0.2, 0.25) is 0 Å². The Bertz CT molecular complexity index is 718. The molecule has 2 unspecified atom stereocenters. The van der Waals surface area contributed by atoms with Crippen LogP contribution in [0.15, 0.2) is 54.6 Å². The van der Waals surface area contributed by atoms with Crippen molar-refractivity contribution in [3.05, 3.63) is 65.7 Å². The standard InChI is InChI=1S/C22H28N2O3/c1-2-27-20-12-10-19(11-13-20)21(18-8-4-3-5-9-18)23-22(26)24-14-6-7-17(15-24)16-25/h3-5,8-13,17,21,25H,2,6-7,14-16H2,1H3,(H,23,26). The number of hydrogen-bond acceptors (Lipinski definition) is 3. The van der Waals surface area contributed by atoms with Gasteiger partial charge in [0.25, 0.3) is 0 Å². The van der Waals surface area contributed by atoms with Crippen LogP contribution in [0.1, 0.15) is 36.9 Å². The molecule has 1 aliphatic heterocycles. The summed E-state index contributed by atoms with van der Waals surface area (Å²) in [5, 5.41) is 12.6. The molecule has 0 saturated carbocycles. The average molecular weight is 368 g/mol. The van der Waals surface area contributed by atoms with Crippen molar-refractivity contribution in [1.82, 2.24) is 10.2 Å². The van der Waals surface area contributed by atoms with Gasteiger partial charge in [-0.25, -0.2) is 4.79 Å². The molecule has 5 heteroatoms. The van der Waals surface area contributed by atoms with E-state index in [1.54, 1.807) is 0 Å². The molecule has 2 aromatic rings. The maximum absolute atomic E-state index is 12.9. The molecule has 3 rings (SSSR count). The second-order valence-electron chi connectivity index (χ2n) is 6.93. The predicted molar refractivity (Wildman–Crippen MR) is 106 cm³/mol. The number of urea groups is 1. The van der Waals surface area contributed by atoms with E-state index in [4.69, 9.17) is 4.74 Å². The van der Waals surface area contributed by atoms with Crippen LogP contribution in [0.4, 0.5) is 4.79 Å².